The van der Waals surface area contributed by atoms with Crippen LogP contribution in [0.25, 0.3) is 5.57 Å². The minimum atomic E-state index is -4.23. The second-order valence-corrected chi connectivity index (χ2v) is 4.18. The molecule has 16 heavy (non-hydrogen) atoms. The molecular weight excluding hydrogens is 281 g/mol. The van der Waals surface area contributed by atoms with Gasteiger partial charge in [-0.05, 0) is 23.6 Å². The Morgan fingerprint density at radius 2 is 1.81 bits per heavy atom. The first kappa shape index (κ1) is 13.3. The highest BCUT2D eigenvalue weighted by Crippen LogP contribution is 2.35. The van der Waals surface area contributed by atoms with Gasteiger partial charge in [0.15, 0.2) is 0 Å². The zero-order valence-corrected chi connectivity index (χ0v) is 10.4. The number of hydrogen-bond donors (Lipinski definition) is 0. The van der Waals surface area contributed by atoms with E-state index in [2.05, 4.69) is 22.5 Å². The van der Waals surface area contributed by atoms with Crippen molar-refractivity contribution in [2.24, 2.45) is 5.92 Å². The van der Waals surface area contributed by atoms with E-state index >= 15 is 0 Å². The summed E-state index contributed by atoms with van der Waals surface area (Å²) in [7, 11) is 0. The molecule has 0 N–H and O–H groups in total. The Balaban J connectivity index is 2.88. The maximum absolute atomic E-state index is 12.5. The highest BCUT2D eigenvalue weighted by Gasteiger charge is 2.37. The van der Waals surface area contributed by atoms with E-state index in [0.717, 1.165) is 12.5 Å². The number of hydrogen-bond acceptors (Lipinski definition) is 0. The monoisotopic (exact) mass is 292 g/mol. The van der Waals surface area contributed by atoms with Crippen molar-refractivity contribution in [2.45, 2.75) is 18.4 Å². The van der Waals surface area contributed by atoms with Gasteiger partial charge in [-0.3, -0.25) is 0 Å². The minimum Gasteiger partial charge on any atom is -0.170 e. The van der Waals surface area contributed by atoms with Crippen molar-refractivity contribution in [3.63, 3.8) is 0 Å². The lowest BCUT2D eigenvalue weighted by Crippen LogP contribution is -2.20. The Bertz CT molecular complexity index is 365. The third-order valence-corrected chi connectivity index (χ3v) is 3.14. The average molecular weight is 293 g/mol. The summed E-state index contributed by atoms with van der Waals surface area (Å²) in [5.41, 5.74) is 1.67. The van der Waals surface area contributed by atoms with E-state index in [0.29, 0.717) is 10.9 Å². The zero-order valence-electron chi connectivity index (χ0n) is 8.81. The Hall–Kier alpha value is -0.770. The molecule has 0 fully saturated rings. The van der Waals surface area contributed by atoms with Crippen LogP contribution in [0.4, 0.5) is 13.2 Å². The van der Waals surface area contributed by atoms with Crippen molar-refractivity contribution in [3.8, 4) is 0 Å². The number of alkyl halides is 4. The summed E-state index contributed by atoms with van der Waals surface area (Å²) in [6, 6.07) is 6.92. The maximum atomic E-state index is 12.5. The molecule has 1 aromatic carbocycles. The number of rotatable bonds is 3. The van der Waals surface area contributed by atoms with Gasteiger partial charge in [0.1, 0.15) is 0 Å². The molecule has 1 aromatic rings. The van der Waals surface area contributed by atoms with Crippen molar-refractivity contribution in [2.75, 3.05) is 0 Å². The SMILES string of the molecule is C=C(c1ccc(CBr)cc1)C(C)C(F)(F)F. The van der Waals surface area contributed by atoms with Crippen LogP contribution >= 0.6 is 15.9 Å². The second-order valence-electron chi connectivity index (χ2n) is 3.62. The smallest absolute Gasteiger partial charge is 0.170 e. The zero-order chi connectivity index (χ0) is 12.3. The van der Waals surface area contributed by atoms with Crippen molar-refractivity contribution in [3.05, 3.63) is 42.0 Å². The summed E-state index contributed by atoms with van der Waals surface area (Å²) in [4.78, 5) is 0. The fraction of sp³-hybridized carbons (Fsp3) is 0.333. The van der Waals surface area contributed by atoms with E-state index in [9.17, 15) is 13.2 Å². The third-order valence-electron chi connectivity index (χ3n) is 2.49. The Morgan fingerprint density at radius 3 is 2.19 bits per heavy atom. The number of halogens is 4. The predicted octanol–water partition coefficient (Wildman–Crippen LogP) is 4.79. The molecule has 1 unspecified atom stereocenters. The molecule has 0 radical (unpaired) electrons. The molecule has 0 aliphatic rings. The third kappa shape index (κ3) is 3.11. The molecule has 0 saturated heterocycles. The van der Waals surface area contributed by atoms with Gasteiger partial charge in [-0.2, -0.15) is 13.2 Å². The first-order valence-electron chi connectivity index (χ1n) is 4.77. The largest absolute Gasteiger partial charge is 0.395 e. The van der Waals surface area contributed by atoms with E-state index in [4.69, 9.17) is 0 Å². The second kappa shape index (κ2) is 5.04. The summed E-state index contributed by atoms with van der Waals surface area (Å²) in [5, 5.41) is 0.689. The van der Waals surface area contributed by atoms with Crippen molar-refractivity contribution < 1.29 is 13.2 Å². The Labute approximate surface area is 101 Å². The quantitative estimate of drug-likeness (QED) is 0.703. The van der Waals surface area contributed by atoms with Crippen LogP contribution in [-0.2, 0) is 5.33 Å². The summed E-state index contributed by atoms with van der Waals surface area (Å²) in [5.74, 6) is -1.51. The maximum Gasteiger partial charge on any atom is 0.395 e. The summed E-state index contributed by atoms with van der Waals surface area (Å²) >= 11 is 3.28. The van der Waals surface area contributed by atoms with Crippen LogP contribution < -0.4 is 0 Å². The van der Waals surface area contributed by atoms with Gasteiger partial charge in [0.25, 0.3) is 0 Å². The molecule has 0 saturated carbocycles. The molecule has 0 heterocycles. The van der Waals surface area contributed by atoms with Gasteiger partial charge >= 0.3 is 6.18 Å². The first-order valence-corrected chi connectivity index (χ1v) is 5.89. The van der Waals surface area contributed by atoms with Gasteiger partial charge in [0.2, 0.25) is 0 Å². The van der Waals surface area contributed by atoms with Crippen LogP contribution in [0.5, 0.6) is 0 Å². The topological polar surface area (TPSA) is 0 Å². The van der Waals surface area contributed by atoms with Crippen LogP contribution in [-0.4, -0.2) is 6.18 Å². The molecule has 0 aromatic heterocycles. The normalized spacial score (nSPS) is 13.6. The van der Waals surface area contributed by atoms with Crippen molar-refractivity contribution >= 4 is 21.5 Å². The van der Waals surface area contributed by atoms with Crippen LogP contribution in [0, 0.1) is 5.92 Å². The van der Waals surface area contributed by atoms with Crippen LogP contribution in [0.1, 0.15) is 18.1 Å². The van der Waals surface area contributed by atoms with Gasteiger partial charge in [-0.15, -0.1) is 0 Å². The highest BCUT2D eigenvalue weighted by atomic mass is 79.9. The van der Waals surface area contributed by atoms with E-state index < -0.39 is 12.1 Å². The van der Waals surface area contributed by atoms with E-state index in [1.54, 1.807) is 24.3 Å². The van der Waals surface area contributed by atoms with Gasteiger partial charge in [0.05, 0.1) is 5.92 Å². The van der Waals surface area contributed by atoms with Gasteiger partial charge < -0.3 is 0 Å². The van der Waals surface area contributed by atoms with Crippen LogP contribution in [0.15, 0.2) is 30.8 Å². The molecule has 0 nitrogen and oxygen atoms in total. The fourth-order valence-corrected chi connectivity index (χ4v) is 1.63. The molecular formula is C12H12BrF3. The van der Waals surface area contributed by atoms with E-state index in [1.807, 2.05) is 0 Å². The lowest BCUT2D eigenvalue weighted by molar-refractivity contribution is -0.153. The minimum absolute atomic E-state index is 0.105. The summed E-state index contributed by atoms with van der Waals surface area (Å²) in [6.07, 6.45) is -4.23. The molecule has 0 bridgehead atoms. The lowest BCUT2D eigenvalue weighted by Gasteiger charge is -2.18. The molecule has 1 atom stereocenters. The standard InChI is InChI=1S/C12H12BrF3/c1-8(9(2)12(14,15)16)11-5-3-10(7-13)4-6-11/h3-6,9H,1,7H2,2H3. The Morgan fingerprint density at radius 1 is 1.31 bits per heavy atom. The van der Waals surface area contributed by atoms with Crippen molar-refractivity contribution in [1.82, 2.24) is 0 Å². The molecule has 4 heteroatoms. The van der Waals surface area contributed by atoms with Crippen LogP contribution in [0.3, 0.4) is 0 Å². The summed E-state index contributed by atoms with van der Waals surface area (Å²) in [6.45, 7) is 4.64. The molecule has 0 amide bonds. The van der Waals surface area contributed by atoms with Gasteiger partial charge in [0, 0.05) is 5.33 Å². The molecule has 0 aliphatic carbocycles. The summed E-state index contributed by atoms with van der Waals surface area (Å²) < 4.78 is 37.4. The molecule has 0 aliphatic heterocycles. The first-order chi connectivity index (χ1) is 7.36. The average Bonchev–Trinajstić information content (AvgIpc) is 2.26. The van der Waals surface area contributed by atoms with Crippen molar-refractivity contribution in [1.29, 1.82) is 0 Å². The fourth-order valence-electron chi connectivity index (χ4n) is 1.26. The Kier molecular flexibility index (Phi) is 4.19. The van der Waals surface area contributed by atoms with E-state index in [1.165, 1.54) is 0 Å². The van der Waals surface area contributed by atoms with Gasteiger partial charge in [-0.25, -0.2) is 0 Å². The number of benzene rings is 1. The lowest BCUT2D eigenvalue weighted by atomic mass is 9.94. The number of allylic oxidation sites excluding steroid dienone is 1. The predicted molar refractivity (Wildman–Crippen MR) is 63.3 cm³/mol. The van der Waals surface area contributed by atoms with Gasteiger partial charge in [-0.1, -0.05) is 46.8 Å². The molecule has 0 spiro atoms. The van der Waals surface area contributed by atoms with Crippen LogP contribution in [0.2, 0.25) is 0 Å². The molecule has 1 rings (SSSR count). The molecule has 88 valence electrons. The van der Waals surface area contributed by atoms with E-state index in [-0.39, 0.29) is 5.57 Å². The highest BCUT2D eigenvalue weighted by molar-refractivity contribution is 9.08.